The normalized spacial score (nSPS) is 9.50. The highest BCUT2D eigenvalue weighted by molar-refractivity contribution is 5.94. The zero-order chi connectivity index (χ0) is 9.14. The van der Waals surface area contributed by atoms with Crippen molar-refractivity contribution in [3.63, 3.8) is 0 Å². The van der Waals surface area contributed by atoms with E-state index in [-0.39, 0.29) is 5.56 Å². The Labute approximate surface area is 70.2 Å². The minimum Gasteiger partial charge on any atom is -0.478 e. The van der Waals surface area contributed by atoms with E-state index in [1.54, 1.807) is 25.2 Å². The third-order valence-corrected chi connectivity index (χ3v) is 1.51. The molecule has 0 amide bonds. The van der Waals surface area contributed by atoms with Crippen LogP contribution in [0.1, 0.15) is 10.4 Å². The first-order valence-corrected chi connectivity index (χ1v) is 3.43. The van der Waals surface area contributed by atoms with Gasteiger partial charge in [-0.15, -0.1) is 0 Å². The Morgan fingerprint density at radius 1 is 1.50 bits per heavy atom. The lowest BCUT2D eigenvalue weighted by atomic mass is 10.2. The van der Waals surface area contributed by atoms with Gasteiger partial charge in [0.15, 0.2) is 0 Å². The van der Waals surface area contributed by atoms with E-state index in [0.29, 0.717) is 5.69 Å². The van der Waals surface area contributed by atoms with E-state index in [1.807, 2.05) is 0 Å². The lowest BCUT2D eigenvalue weighted by molar-refractivity contribution is 0.0697. The van der Waals surface area contributed by atoms with Crippen LogP contribution in [0.2, 0.25) is 0 Å². The monoisotopic (exact) mass is 166 g/mol. The fraction of sp³-hybridized carbons (Fsp3) is 0.125. The molecular weight excluding hydrogens is 156 g/mol. The second-order valence-electron chi connectivity index (χ2n) is 2.43. The number of anilines is 1. The van der Waals surface area contributed by atoms with Crippen molar-refractivity contribution in [1.29, 1.82) is 0 Å². The molecule has 0 aliphatic carbocycles. The van der Waals surface area contributed by atoms with Crippen LogP contribution >= 0.6 is 0 Å². The Hall–Kier alpha value is -1.55. The molecule has 0 saturated heterocycles. The molecule has 64 valence electrons. The fourth-order valence-corrected chi connectivity index (χ4v) is 0.962. The molecule has 1 rings (SSSR count). The Morgan fingerprint density at radius 3 is 2.50 bits per heavy atom. The topological polar surface area (TPSA) is 66.6 Å². The van der Waals surface area contributed by atoms with E-state index in [4.69, 9.17) is 10.9 Å². The third kappa shape index (κ3) is 1.54. The first-order valence-electron chi connectivity index (χ1n) is 3.43. The Bertz CT molecular complexity index is 297. The van der Waals surface area contributed by atoms with Crippen LogP contribution in [0.3, 0.4) is 0 Å². The van der Waals surface area contributed by atoms with Crippen molar-refractivity contribution in [2.45, 2.75) is 0 Å². The number of hydrazine groups is 1. The van der Waals surface area contributed by atoms with Crippen LogP contribution < -0.4 is 10.9 Å². The summed E-state index contributed by atoms with van der Waals surface area (Å²) in [6, 6.07) is 6.58. The van der Waals surface area contributed by atoms with E-state index in [2.05, 4.69) is 0 Å². The summed E-state index contributed by atoms with van der Waals surface area (Å²) in [5, 5.41) is 10.0. The molecule has 0 unspecified atom stereocenters. The molecular formula is C8H10N2O2. The molecule has 3 N–H and O–H groups in total. The molecule has 0 aromatic heterocycles. The number of hydrogen-bond acceptors (Lipinski definition) is 3. The Balaban J connectivity index is 3.17. The molecule has 0 saturated carbocycles. The van der Waals surface area contributed by atoms with Crippen LogP contribution in [0.5, 0.6) is 0 Å². The molecule has 0 atom stereocenters. The van der Waals surface area contributed by atoms with Gasteiger partial charge >= 0.3 is 5.97 Å². The van der Waals surface area contributed by atoms with Crippen molar-refractivity contribution in [3.05, 3.63) is 29.8 Å². The Morgan fingerprint density at radius 2 is 2.08 bits per heavy atom. The van der Waals surface area contributed by atoms with E-state index in [0.717, 1.165) is 0 Å². The summed E-state index contributed by atoms with van der Waals surface area (Å²) in [6.45, 7) is 0. The Kier molecular flexibility index (Phi) is 2.30. The number of carboxylic acid groups (broad SMARTS) is 1. The lowest BCUT2D eigenvalue weighted by Crippen LogP contribution is -2.26. The number of nitrogens with zero attached hydrogens (tertiary/aromatic N) is 1. The summed E-state index contributed by atoms with van der Waals surface area (Å²) in [7, 11) is 1.60. The molecule has 4 nitrogen and oxygen atoms in total. The minimum atomic E-state index is -0.970. The van der Waals surface area contributed by atoms with E-state index >= 15 is 0 Å². The number of carboxylic acids is 1. The van der Waals surface area contributed by atoms with Crippen LogP contribution in [0, 0.1) is 0 Å². The maximum atomic E-state index is 10.6. The zero-order valence-electron chi connectivity index (χ0n) is 6.69. The maximum Gasteiger partial charge on any atom is 0.337 e. The van der Waals surface area contributed by atoms with E-state index in [1.165, 1.54) is 11.1 Å². The molecule has 0 fully saturated rings. The summed E-state index contributed by atoms with van der Waals surface area (Å²) < 4.78 is 0. The van der Waals surface area contributed by atoms with Gasteiger partial charge in [0.1, 0.15) is 0 Å². The first-order chi connectivity index (χ1) is 5.63. The molecule has 1 aromatic rings. The zero-order valence-corrected chi connectivity index (χ0v) is 6.69. The van der Waals surface area contributed by atoms with Gasteiger partial charge in [-0.3, -0.25) is 0 Å². The average Bonchev–Trinajstić information content (AvgIpc) is 2.04. The fourth-order valence-electron chi connectivity index (χ4n) is 0.962. The van der Waals surface area contributed by atoms with Crippen molar-refractivity contribution in [2.75, 3.05) is 12.1 Å². The first kappa shape index (κ1) is 8.55. The molecule has 0 aliphatic rings. The number of benzene rings is 1. The standard InChI is InChI=1S/C8H10N2O2/c1-10(9)7-5-3-2-4-6(7)8(11)12/h2-5H,9H2,1H3,(H,11,12). The van der Waals surface area contributed by atoms with Gasteiger partial charge in [0.2, 0.25) is 0 Å². The molecule has 0 radical (unpaired) electrons. The van der Waals surface area contributed by atoms with Crippen molar-refractivity contribution >= 4 is 11.7 Å². The number of hydrogen-bond donors (Lipinski definition) is 2. The van der Waals surface area contributed by atoms with Crippen LogP contribution in [0.15, 0.2) is 24.3 Å². The summed E-state index contributed by atoms with van der Waals surface area (Å²) in [6.07, 6.45) is 0. The van der Waals surface area contributed by atoms with Gasteiger partial charge in [0.05, 0.1) is 11.3 Å². The van der Waals surface area contributed by atoms with Gasteiger partial charge in [-0.2, -0.15) is 0 Å². The number of rotatable bonds is 2. The number of aromatic carboxylic acids is 1. The summed E-state index contributed by atoms with van der Waals surface area (Å²) in [5.41, 5.74) is 0.715. The minimum absolute atomic E-state index is 0.211. The molecule has 0 spiro atoms. The van der Waals surface area contributed by atoms with Gasteiger partial charge in [-0.05, 0) is 12.1 Å². The van der Waals surface area contributed by atoms with Gasteiger partial charge in [0.25, 0.3) is 0 Å². The largest absolute Gasteiger partial charge is 0.478 e. The molecule has 4 heteroatoms. The van der Waals surface area contributed by atoms with Crippen molar-refractivity contribution < 1.29 is 9.90 Å². The van der Waals surface area contributed by atoms with Crippen LogP contribution in [-0.2, 0) is 0 Å². The van der Waals surface area contributed by atoms with Crippen molar-refractivity contribution in [2.24, 2.45) is 5.84 Å². The smallest absolute Gasteiger partial charge is 0.337 e. The molecule has 1 aromatic carbocycles. The number of nitrogens with two attached hydrogens (primary N) is 1. The molecule has 0 heterocycles. The highest BCUT2D eigenvalue weighted by atomic mass is 16.4. The van der Waals surface area contributed by atoms with Crippen molar-refractivity contribution in [1.82, 2.24) is 0 Å². The number of para-hydroxylation sites is 1. The van der Waals surface area contributed by atoms with Crippen LogP contribution in [-0.4, -0.2) is 18.1 Å². The van der Waals surface area contributed by atoms with Crippen LogP contribution in [0.4, 0.5) is 5.69 Å². The van der Waals surface area contributed by atoms with E-state index in [9.17, 15) is 4.79 Å². The van der Waals surface area contributed by atoms with Gasteiger partial charge in [-0.25, -0.2) is 10.6 Å². The quantitative estimate of drug-likeness (QED) is 0.501. The summed E-state index contributed by atoms with van der Waals surface area (Å²) >= 11 is 0. The second-order valence-corrected chi connectivity index (χ2v) is 2.43. The van der Waals surface area contributed by atoms with E-state index < -0.39 is 5.97 Å². The highest BCUT2D eigenvalue weighted by Crippen LogP contribution is 2.15. The maximum absolute atomic E-state index is 10.6. The number of carbonyl (C=O) groups is 1. The predicted molar refractivity (Wildman–Crippen MR) is 46.0 cm³/mol. The van der Waals surface area contributed by atoms with Gasteiger partial charge in [-0.1, -0.05) is 12.1 Å². The van der Waals surface area contributed by atoms with Crippen molar-refractivity contribution in [3.8, 4) is 0 Å². The summed E-state index contributed by atoms with van der Waals surface area (Å²) in [4.78, 5) is 10.6. The van der Waals surface area contributed by atoms with Gasteiger partial charge < -0.3 is 10.1 Å². The highest BCUT2D eigenvalue weighted by Gasteiger charge is 2.09. The van der Waals surface area contributed by atoms with Crippen LogP contribution in [0.25, 0.3) is 0 Å². The SMILES string of the molecule is CN(N)c1ccccc1C(=O)O. The van der Waals surface area contributed by atoms with Gasteiger partial charge in [0, 0.05) is 7.05 Å². The molecule has 0 bridgehead atoms. The second kappa shape index (κ2) is 3.23. The summed E-state index contributed by atoms with van der Waals surface area (Å²) in [5.74, 6) is 4.45. The molecule has 0 aliphatic heterocycles. The predicted octanol–water partition coefficient (Wildman–Crippen LogP) is 0.695. The third-order valence-electron chi connectivity index (χ3n) is 1.51. The molecule has 12 heavy (non-hydrogen) atoms. The lowest BCUT2D eigenvalue weighted by Gasteiger charge is -2.13. The average molecular weight is 166 g/mol.